The number of Topliss-reactive ketones (excluding diaryl/α,β-unsaturated/α-hetero) is 1. The number of hydrogen-bond acceptors (Lipinski definition) is 2. The monoisotopic (exact) mass is 366 g/mol. The topological polar surface area (TPSA) is 62.0 Å². The standard InChI is InChI=1S/C17H10ClF3N2O2/c18-10-3-6-12-13(8-22-14(12)7-10)15(24)16(25)23-11-4-1-9(2-5-11)17(19,20)21/h1-8,22H,(H,23,25). The highest BCUT2D eigenvalue weighted by molar-refractivity contribution is 6.48. The van der Waals surface area contributed by atoms with Crippen molar-refractivity contribution >= 4 is 39.9 Å². The van der Waals surface area contributed by atoms with E-state index in [4.69, 9.17) is 11.6 Å². The van der Waals surface area contributed by atoms with Crippen LogP contribution in [0, 0.1) is 0 Å². The summed E-state index contributed by atoms with van der Waals surface area (Å²) in [6, 6.07) is 8.63. The van der Waals surface area contributed by atoms with E-state index in [1.807, 2.05) is 0 Å². The SMILES string of the molecule is O=C(Nc1ccc(C(F)(F)F)cc1)C(=O)c1c[nH]c2cc(Cl)ccc12. The fourth-order valence-corrected chi connectivity index (χ4v) is 2.51. The number of hydrogen-bond donors (Lipinski definition) is 2. The fraction of sp³-hybridized carbons (Fsp3) is 0.0588. The van der Waals surface area contributed by atoms with E-state index in [-0.39, 0.29) is 11.3 Å². The van der Waals surface area contributed by atoms with E-state index in [1.165, 1.54) is 6.20 Å². The Bertz CT molecular complexity index is 962. The molecule has 1 amide bonds. The molecule has 0 saturated heterocycles. The van der Waals surface area contributed by atoms with Crippen LogP contribution in [0.4, 0.5) is 18.9 Å². The van der Waals surface area contributed by atoms with Gasteiger partial charge in [-0.05, 0) is 36.4 Å². The van der Waals surface area contributed by atoms with Crippen molar-refractivity contribution in [1.29, 1.82) is 0 Å². The van der Waals surface area contributed by atoms with Crippen LogP contribution in [0.5, 0.6) is 0 Å². The lowest BCUT2D eigenvalue weighted by atomic mass is 10.1. The van der Waals surface area contributed by atoms with Gasteiger partial charge < -0.3 is 10.3 Å². The van der Waals surface area contributed by atoms with Crippen LogP contribution in [0.1, 0.15) is 15.9 Å². The van der Waals surface area contributed by atoms with Crippen molar-refractivity contribution in [2.24, 2.45) is 0 Å². The van der Waals surface area contributed by atoms with Gasteiger partial charge in [-0.25, -0.2) is 0 Å². The first-order valence-corrected chi connectivity index (χ1v) is 7.43. The molecular weight excluding hydrogens is 357 g/mol. The number of carbonyl (C=O) groups is 2. The van der Waals surface area contributed by atoms with Crippen molar-refractivity contribution in [2.45, 2.75) is 6.18 Å². The number of fused-ring (bicyclic) bond motifs is 1. The Labute approximate surface area is 144 Å². The van der Waals surface area contributed by atoms with Gasteiger partial charge in [0.2, 0.25) is 0 Å². The number of halogens is 4. The average Bonchev–Trinajstić information content (AvgIpc) is 2.96. The Kier molecular flexibility index (Phi) is 4.26. The van der Waals surface area contributed by atoms with Gasteiger partial charge in [0.25, 0.3) is 11.7 Å². The van der Waals surface area contributed by atoms with Crippen LogP contribution in [0.25, 0.3) is 10.9 Å². The highest BCUT2D eigenvalue weighted by Gasteiger charge is 2.30. The summed E-state index contributed by atoms with van der Waals surface area (Å²) in [6.45, 7) is 0. The lowest BCUT2D eigenvalue weighted by Crippen LogP contribution is -2.22. The molecule has 128 valence electrons. The van der Waals surface area contributed by atoms with Crippen molar-refractivity contribution in [2.75, 3.05) is 5.32 Å². The highest BCUT2D eigenvalue weighted by atomic mass is 35.5. The molecule has 0 radical (unpaired) electrons. The average molecular weight is 367 g/mol. The highest BCUT2D eigenvalue weighted by Crippen LogP contribution is 2.30. The van der Waals surface area contributed by atoms with Crippen molar-refractivity contribution in [1.82, 2.24) is 4.98 Å². The number of benzene rings is 2. The summed E-state index contributed by atoms with van der Waals surface area (Å²) in [5.74, 6) is -1.76. The quantitative estimate of drug-likeness (QED) is 0.523. The minimum absolute atomic E-state index is 0.0919. The molecule has 2 N–H and O–H groups in total. The molecule has 4 nitrogen and oxygen atoms in total. The van der Waals surface area contributed by atoms with E-state index < -0.39 is 23.4 Å². The molecule has 0 atom stereocenters. The summed E-state index contributed by atoms with van der Waals surface area (Å²) in [4.78, 5) is 27.2. The maximum atomic E-state index is 12.5. The summed E-state index contributed by atoms with van der Waals surface area (Å²) in [6.07, 6.45) is -3.08. The molecule has 0 aliphatic rings. The van der Waals surface area contributed by atoms with Gasteiger partial charge in [-0.2, -0.15) is 13.2 Å². The number of alkyl halides is 3. The van der Waals surface area contributed by atoms with Crippen LogP contribution in [-0.2, 0) is 11.0 Å². The van der Waals surface area contributed by atoms with Gasteiger partial charge >= 0.3 is 6.18 Å². The largest absolute Gasteiger partial charge is 0.416 e. The molecule has 8 heteroatoms. The van der Waals surface area contributed by atoms with Gasteiger partial charge in [-0.3, -0.25) is 9.59 Å². The Balaban J connectivity index is 1.79. The molecule has 1 heterocycles. The van der Waals surface area contributed by atoms with Crippen LogP contribution in [0.2, 0.25) is 5.02 Å². The van der Waals surface area contributed by atoms with Crippen LogP contribution >= 0.6 is 11.6 Å². The smallest absolute Gasteiger partial charge is 0.360 e. The summed E-state index contributed by atoms with van der Waals surface area (Å²) >= 11 is 5.86. The molecule has 25 heavy (non-hydrogen) atoms. The van der Waals surface area contributed by atoms with E-state index in [9.17, 15) is 22.8 Å². The second kappa shape index (κ2) is 6.25. The van der Waals surface area contributed by atoms with Crippen molar-refractivity contribution < 1.29 is 22.8 Å². The molecule has 0 aliphatic carbocycles. The predicted molar refractivity (Wildman–Crippen MR) is 87.7 cm³/mol. The molecular formula is C17H10ClF3N2O2. The normalized spacial score (nSPS) is 11.5. The molecule has 1 aromatic heterocycles. The number of ketones is 1. The minimum Gasteiger partial charge on any atom is -0.360 e. The number of carbonyl (C=O) groups excluding carboxylic acids is 2. The number of anilines is 1. The van der Waals surface area contributed by atoms with Gasteiger partial charge in [-0.1, -0.05) is 17.7 Å². The van der Waals surface area contributed by atoms with E-state index in [2.05, 4.69) is 10.3 Å². The van der Waals surface area contributed by atoms with Crippen molar-refractivity contribution in [3.05, 3.63) is 64.8 Å². The van der Waals surface area contributed by atoms with Crippen LogP contribution in [-0.4, -0.2) is 16.7 Å². The first kappa shape index (κ1) is 17.0. The third kappa shape index (κ3) is 3.51. The Hall–Kier alpha value is -2.80. The zero-order valence-corrected chi connectivity index (χ0v) is 13.2. The van der Waals surface area contributed by atoms with E-state index in [0.29, 0.717) is 15.9 Å². The van der Waals surface area contributed by atoms with Crippen LogP contribution in [0.15, 0.2) is 48.7 Å². The number of rotatable bonds is 3. The second-order valence-electron chi connectivity index (χ2n) is 5.25. The predicted octanol–water partition coefficient (Wildman–Crippen LogP) is 4.66. The van der Waals surface area contributed by atoms with Crippen LogP contribution in [0.3, 0.4) is 0 Å². The van der Waals surface area contributed by atoms with Gasteiger partial charge in [0.15, 0.2) is 0 Å². The molecule has 0 saturated carbocycles. The molecule has 3 aromatic rings. The summed E-state index contributed by atoms with van der Waals surface area (Å²) in [5, 5.41) is 3.29. The fourth-order valence-electron chi connectivity index (χ4n) is 2.34. The lowest BCUT2D eigenvalue weighted by Gasteiger charge is -2.08. The maximum Gasteiger partial charge on any atom is 0.416 e. The third-order valence-corrected chi connectivity index (χ3v) is 3.80. The number of amides is 1. The lowest BCUT2D eigenvalue weighted by molar-refractivity contribution is -0.137. The second-order valence-corrected chi connectivity index (χ2v) is 5.69. The van der Waals surface area contributed by atoms with Gasteiger partial charge in [0.05, 0.1) is 11.1 Å². The van der Waals surface area contributed by atoms with E-state index in [1.54, 1.807) is 18.2 Å². The molecule has 0 aliphatic heterocycles. The number of H-pyrrole nitrogens is 1. The summed E-state index contributed by atoms with van der Waals surface area (Å²) in [7, 11) is 0. The maximum absolute atomic E-state index is 12.5. The first-order chi connectivity index (χ1) is 11.8. The van der Waals surface area contributed by atoms with Crippen molar-refractivity contribution in [3.63, 3.8) is 0 Å². The number of nitrogens with one attached hydrogen (secondary N) is 2. The Morgan fingerprint density at radius 1 is 1.04 bits per heavy atom. The van der Waals surface area contributed by atoms with Gasteiger partial charge in [-0.15, -0.1) is 0 Å². The van der Waals surface area contributed by atoms with Crippen LogP contribution < -0.4 is 5.32 Å². The van der Waals surface area contributed by atoms with Gasteiger partial charge in [0.1, 0.15) is 0 Å². The molecule has 0 unspecified atom stereocenters. The number of aromatic nitrogens is 1. The zero-order valence-electron chi connectivity index (χ0n) is 12.4. The molecule has 0 bridgehead atoms. The number of aromatic amines is 1. The summed E-state index contributed by atoms with van der Waals surface area (Å²) < 4.78 is 37.6. The first-order valence-electron chi connectivity index (χ1n) is 7.05. The van der Waals surface area contributed by atoms with E-state index in [0.717, 1.165) is 24.3 Å². The van der Waals surface area contributed by atoms with Crippen molar-refractivity contribution in [3.8, 4) is 0 Å². The molecule has 3 rings (SSSR count). The zero-order chi connectivity index (χ0) is 18.2. The van der Waals surface area contributed by atoms with E-state index >= 15 is 0 Å². The summed E-state index contributed by atoms with van der Waals surface area (Å²) in [5.41, 5.74) is -0.00572. The molecule has 0 fully saturated rings. The Morgan fingerprint density at radius 3 is 2.36 bits per heavy atom. The Morgan fingerprint density at radius 2 is 1.72 bits per heavy atom. The van der Waals surface area contributed by atoms with Gasteiger partial charge in [0, 0.05) is 27.8 Å². The third-order valence-electron chi connectivity index (χ3n) is 3.56. The molecule has 0 spiro atoms. The minimum atomic E-state index is -4.47. The molecule has 2 aromatic carbocycles.